The van der Waals surface area contributed by atoms with Gasteiger partial charge in [0, 0.05) is 24.9 Å². The number of nitrogens with one attached hydrogen (secondary N) is 2. The van der Waals surface area contributed by atoms with E-state index >= 15 is 0 Å². The van der Waals surface area contributed by atoms with Crippen molar-refractivity contribution in [2.24, 2.45) is 5.92 Å². The molecule has 2 aromatic rings. The van der Waals surface area contributed by atoms with Crippen LogP contribution in [-0.2, 0) is 4.74 Å². The van der Waals surface area contributed by atoms with Crippen molar-refractivity contribution >= 4 is 34.1 Å². The van der Waals surface area contributed by atoms with Gasteiger partial charge >= 0.3 is 6.03 Å². The molecule has 3 rings (SSSR count). The second kappa shape index (κ2) is 9.13. The third-order valence-corrected chi connectivity index (χ3v) is 4.98. The van der Waals surface area contributed by atoms with E-state index in [1.165, 1.54) is 36.4 Å². The van der Waals surface area contributed by atoms with Crippen molar-refractivity contribution in [3.05, 3.63) is 39.4 Å². The molecule has 0 unspecified atom stereocenters. The van der Waals surface area contributed by atoms with Gasteiger partial charge in [0.15, 0.2) is 16.1 Å². The van der Waals surface area contributed by atoms with Gasteiger partial charge in [0.2, 0.25) is 0 Å². The lowest BCUT2D eigenvalue weighted by Gasteiger charge is -2.05. The second-order valence-corrected chi connectivity index (χ2v) is 7.44. The van der Waals surface area contributed by atoms with Crippen LogP contribution in [0.2, 0.25) is 5.15 Å². The van der Waals surface area contributed by atoms with Crippen molar-refractivity contribution in [1.82, 2.24) is 15.3 Å². The molecule has 6 nitrogen and oxygen atoms in total. The standard InChI is InChI=1S/C18H18ClFN4O2S/c1-11-15(5-4-13-8-14(20)16(19)22-9-13)27-18(23-11)24-17(25)21-6-7-26-10-12-2-3-12/h8-9,12H,2-3,6-7,10H2,1H3,(H2,21,23,24,25). The Morgan fingerprint density at radius 2 is 2.30 bits per heavy atom. The second-order valence-electron chi connectivity index (χ2n) is 6.08. The lowest BCUT2D eigenvalue weighted by Crippen LogP contribution is -2.31. The lowest BCUT2D eigenvalue weighted by atomic mass is 10.3. The molecule has 0 bridgehead atoms. The van der Waals surface area contributed by atoms with Crippen molar-refractivity contribution in [3.8, 4) is 11.8 Å². The molecule has 142 valence electrons. The Hall–Kier alpha value is -2.21. The average Bonchev–Trinajstić information content (AvgIpc) is 3.39. The minimum Gasteiger partial charge on any atom is -0.379 e. The fraction of sp³-hybridized carbons (Fsp3) is 0.389. The number of aryl methyl sites for hydroxylation is 1. The van der Waals surface area contributed by atoms with E-state index in [1.54, 1.807) is 6.92 Å². The van der Waals surface area contributed by atoms with E-state index < -0.39 is 5.82 Å². The summed E-state index contributed by atoms with van der Waals surface area (Å²) in [6, 6.07) is 0.874. The van der Waals surface area contributed by atoms with Crippen LogP contribution in [0.4, 0.5) is 14.3 Å². The Morgan fingerprint density at radius 1 is 1.48 bits per heavy atom. The number of anilines is 1. The fourth-order valence-electron chi connectivity index (χ4n) is 2.10. The van der Waals surface area contributed by atoms with Crippen molar-refractivity contribution in [1.29, 1.82) is 0 Å². The van der Waals surface area contributed by atoms with Crippen LogP contribution in [-0.4, -0.2) is 35.8 Å². The summed E-state index contributed by atoms with van der Waals surface area (Å²) in [7, 11) is 0. The van der Waals surface area contributed by atoms with Crippen LogP contribution in [0.5, 0.6) is 0 Å². The van der Waals surface area contributed by atoms with E-state index in [9.17, 15) is 9.18 Å². The quantitative estimate of drug-likeness (QED) is 0.435. The topological polar surface area (TPSA) is 76.1 Å². The third kappa shape index (κ3) is 6.17. The van der Waals surface area contributed by atoms with Gasteiger partial charge in [-0.15, -0.1) is 0 Å². The van der Waals surface area contributed by atoms with E-state index in [0.717, 1.165) is 6.61 Å². The van der Waals surface area contributed by atoms with Crippen LogP contribution >= 0.6 is 22.9 Å². The van der Waals surface area contributed by atoms with Gasteiger partial charge in [-0.1, -0.05) is 28.9 Å². The number of rotatable bonds is 6. The summed E-state index contributed by atoms with van der Waals surface area (Å²) in [6.45, 7) is 3.48. The van der Waals surface area contributed by atoms with Gasteiger partial charge in [-0.25, -0.2) is 19.2 Å². The molecule has 2 aromatic heterocycles. The minimum absolute atomic E-state index is 0.190. The molecule has 0 radical (unpaired) electrons. The Kier molecular flexibility index (Phi) is 6.61. The smallest absolute Gasteiger partial charge is 0.321 e. The molecule has 0 aliphatic heterocycles. The molecular formula is C18H18ClFN4O2S. The lowest BCUT2D eigenvalue weighted by molar-refractivity contribution is 0.127. The Balaban J connectivity index is 1.50. The summed E-state index contributed by atoms with van der Waals surface area (Å²) in [6.07, 6.45) is 3.88. The summed E-state index contributed by atoms with van der Waals surface area (Å²) in [5, 5.41) is 5.64. The zero-order valence-corrected chi connectivity index (χ0v) is 16.2. The first kappa shape index (κ1) is 19.5. The number of nitrogens with zero attached hydrogens (tertiary/aromatic N) is 2. The van der Waals surface area contributed by atoms with Crippen molar-refractivity contribution in [2.75, 3.05) is 25.1 Å². The predicted octanol–water partition coefficient (Wildman–Crippen LogP) is 3.59. The van der Waals surface area contributed by atoms with Crippen LogP contribution in [0.3, 0.4) is 0 Å². The van der Waals surface area contributed by atoms with E-state index in [-0.39, 0.29) is 11.2 Å². The van der Waals surface area contributed by atoms with E-state index in [4.69, 9.17) is 16.3 Å². The molecule has 1 aliphatic rings. The normalized spacial score (nSPS) is 13.0. The molecule has 9 heteroatoms. The number of amides is 2. The SMILES string of the molecule is Cc1nc(NC(=O)NCCOCC2CC2)sc1C#Cc1cnc(Cl)c(F)c1. The third-order valence-electron chi connectivity index (χ3n) is 3.72. The maximum absolute atomic E-state index is 13.4. The molecule has 0 atom stereocenters. The van der Waals surface area contributed by atoms with Crippen LogP contribution in [0.15, 0.2) is 12.3 Å². The summed E-state index contributed by atoms with van der Waals surface area (Å²) in [5.74, 6) is 5.81. The van der Waals surface area contributed by atoms with Crippen LogP contribution in [0.1, 0.15) is 29.0 Å². The number of hydrogen-bond donors (Lipinski definition) is 2. The Labute approximate surface area is 165 Å². The van der Waals surface area contributed by atoms with Gasteiger partial charge in [0.1, 0.15) is 4.88 Å². The number of hydrogen-bond acceptors (Lipinski definition) is 5. The summed E-state index contributed by atoms with van der Waals surface area (Å²) >= 11 is 6.79. The van der Waals surface area contributed by atoms with Crippen molar-refractivity contribution in [2.45, 2.75) is 19.8 Å². The molecule has 27 heavy (non-hydrogen) atoms. The first-order chi connectivity index (χ1) is 13.0. The highest BCUT2D eigenvalue weighted by Crippen LogP contribution is 2.28. The van der Waals surface area contributed by atoms with Gasteiger partial charge in [0.25, 0.3) is 0 Å². The zero-order chi connectivity index (χ0) is 19.2. The zero-order valence-electron chi connectivity index (χ0n) is 14.6. The van der Waals surface area contributed by atoms with Crippen molar-refractivity contribution < 1.29 is 13.9 Å². The van der Waals surface area contributed by atoms with Gasteiger partial charge in [0.05, 0.1) is 12.3 Å². The van der Waals surface area contributed by atoms with Gasteiger partial charge in [-0.2, -0.15) is 0 Å². The highest BCUT2D eigenvalue weighted by Gasteiger charge is 2.20. The van der Waals surface area contributed by atoms with E-state index in [1.807, 2.05) is 0 Å². The highest BCUT2D eigenvalue weighted by atomic mass is 35.5. The molecule has 1 fully saturated rings. The highest BCUT2D eigenvalue weighted by molar-refractivity contribution is 7.16. The van der Waals surface area contributed by atoms with Crippen LogP contribution in [0, 0.1) is 30.5 Å². The molecule has 1 saturated carbocycles. The monoisotopic (exact) mass is 408 g/mol. The summed E-state index contributed by atoms with van der Waals surface area (Å²) in [4.78, 5) is 20.5. The largest absolute Gasteiger partial charge is 0.379 e. The van der Waals surface area contributed by atoms with Crippen LogP contribution < -0.4 is 10.6 Å². The molecule has 2 heterocycles. The first-order valence-electron chi connectivity index (χ1n) is 8.44. The predicted molar refractivity (Wildman–Crippen MR) is 103 cm³/mol. The number of aromatic nitrogens is 2. The van der Waals surface area contributed by atoms with Gasteiger partial charge in [-0.05, 0) is 37.7 Å². The Bertz CT molecular complexity index is 889. The number of carbonyl (C=O) groups is 1. The molecule has 0 aromatic carbocycles. The molecule has 2 N–H and O–H groups in total. The minimum atomic E-state index is -0.621. The first-order valence-corrected chi connectivity index (χ1v) is 9.64. The summed E-state index contributed by atoms with van der Waals surface area (Å²) in [5.41, 5.74) is 1.08. The average molecular weight is 409 g/mol. The molecule has 0 saturated heterocycles. The number of carbonyl (C=O) groups excluding carboxylic acids is 1. The molecule has 0 spiro atoms. The molecular weight excluding hydrogens is 391 g/mol. The fourth-order valence-corrected chi connectivity index (χ4v) is 3.02. The Morgan fingerprint density at radius 3 is 3.04 bits per heavy atom. The van der Waals surface area contributed by atoms with Gasteiger partial charge in [-0.3, -0.25) is 5.32 Å². The number of halogens is 2. The maximum atomic E-state index is 13.4. The summed E-state index contributed by atoms with van der Waals surface area (Å²) < 4.78 is 18.8. The van der Waals surface area contributed by atoms with E-state index in [0.29, 0.717) is 40.3 Å². The van der Waals surface area contributed by atoms with Crippen molar-refractivity contribution in [3.63, 3.8) is 0 Å². The van der Waals surface area contributed by atoms with E-state index in [2.05, 4.69) is 32.4 Å². The molecule has 2 amide bonds. The number of pyridine rings is 1. The maximum Gasteiger partial charge on any atom is 0.321 e. The number of ether oxygens (including phenoxy) is 1. The van der Waals surface area contributed by atoms with Crippen LogP contribution in [0.25, 0.3) is 0 Å². The molecule has 1 aliphatic carbocycles. The number of urea groups is 1. The van der Waals surface area contributed by atoms with Gasteiger partial charge < -0.3 is 10.1 Å². The number of thiazole rings is 1.